The van der Waals surface area contributed by atoms with Gasteiger partial charge in [-0.2, -0.15) is 0 Å². The normalized spacial score (nSPS) is 10.1. The minimum absolute atomic E-state index is 0.0174. The number of nitrogens with zero attached hydrogens (tertiary/aromatic N) is 2. The molecule has 0 aliphatic carbocycles. The molecule has 16 heavy (non-hydrogen) atoms. The zero-order valence-corrected chi connectivity index (χ0v) is 9.27. The summed E-state index contributed by atoms with van der Waals surface area (Å²) in [5, 5.41) is 0. The van der Waals surface area contributed by atoms with Gasteiger partial charge in [-0.15, -0.1) is 0 Å². The number of carbonyl (C=O) groups excluding carboxylic acids is 1. The van der Waals surface area contributed by atoms with E-state index in [0.717, 1.165) is 11.4 Å². The van der Waals surface area contributed by atoms with Crippen molar-refractivity contribution in [2.75, 3.05) is 0 Å². The largest absolute Gasteiger partial charge is 0.288 e. The highest BCUT2D eigenvalue weighted by Gasteiger charge is 2.14. The molecule has 0 atom stereocenters. The van der Waals surface area contributed by atoms with Gasteiger partial charge in [-0.3, -0.25) is 14.8 Å². The van der Waals surface area contributed by atoms with Crippen molar-refractivity contribution >= 4 is 5.78 Å². The molecule has 0 aliphatic heterocycles. The lowest BCUT2D eigenvalue weighted by molar-refractivity contribution is 0.103. The molecule has 0 radical (unpaired) electrons. The van der Waals surface area contributed by atoms with Crippen LogP contribution in [0.15, 0.2) is 36.7 Å². The molecule has 0 saturated carbocycles. The van der Waals surface area contributed by atoms with Crippen molar-refractivity contribution in [1.29, 1.82) is 0 Å². The van der Waals surface area contributed by atoms with Crippen molar-refractivity contribution in [1.82, 2.24) is 9.97 Å². The van der Waals surface area contributed by atoms with Gasteiger partial charge < -0.3 is 0 Å². The number of aryl methyl sites for hydroxylation is 2. The van der Waals surface area contributed by atoms with Crippen LogP contribution in [0.25, 0.3) is 0 Å². The summed E-state index contributed by atoms with van der Waals surface area (Å²) in [6.45, 7) is 3.66. The fourth-order valence-electron chi connectivity index (χ4n) is 1.59. The predicted octanol–water partition coefficient (Wildman–Crippen LogP) is 2.32. The molecule has 2 aromatic rings. The first-order chi connectivity index (χ1) is 7.70. The Labute approximate surface area is 94.2 Å². The first kappa shape index (κ1) is 10.5. The third-order valence-corrected chi connectivity index (χ3v) is 2.50. The van der Waals surface area contributed by atoms with Crippen molar-refractivity contribution in [3.63, 3.8) is 0 Å². The van der Waals surface area contributed by atoms with Crippen LogP contribution in [0.2, 0.25) is 0 Å². The molecule has 0 spiro atoms. The minimum atomic E-state index is -0.0174. The van der Waals surface area contributed by atoms with Gasteiger partial charge in [0.25, 0.3) is 0 Å². The molecular weight excluding hydrogens is 200 g/mol. The lowest BCUT2D eigenvalue weighted by atomic mass is 10.0. The number of carbonyl (C=O) groups is 1. The van der Waals surface area contributed by atoms with E-state index in [2.05, 4.69) is 9.97 Å². The Morgan fingerprint density at radius 3 is 1.75 bits per heavy atom. The molecule has 80 valence electrons. The maximum absolute atomic E-state index is 12.2. The van der Waals surface area contributed by atoms with Gasteiger partial charge in [0.15, 0.2) is 5.78 Å². The van der Waals surface area contributed by atoms with Gasteiger partial charge in [0.1, 0.15) is 0 Å². The monoisotopic (exact) mass is 212 g/mol. The van der Waals surface area contributed by atoms with Gasteiger partial charge >= 0.3 is 0 Å². The van der Waals surface area contributed by atoms with Crippen molar-refractivity contribution in [2.45, 2.75) is 13.8 Å². The number of hydrogen-bond donors (Lipinski definition) is 0. The van der Waals surface area contributed by atoms with Crippen LogP contribution < -0.4 is 0 Å². The first-order valence-electron chi connectivity index (χ1n) is 5.08. The van der Waals surface area contributed by atoms with Gasteiger partial charge in [-0.25, -0.2) is 0 Å². The van der Waals surface area contributed by atoms with E-state index in [-0.39, 0.29) is 5.78 Å². The van der Waals surface area contributed by atoms with Gasteiger partial charge in [0.05, 0.1) is 0 Å². The fourth-order valence-corrected chi connectivity index (χ4v) is 1.59. The lowest BCUT2D eigenvalue weighted by Gasteiger charge is -2.05. The summed E-state index contributed by atoms with van der Waals surface area (Å²) in [6.07, 6.45) is 3.37. The SMILES string of the molecule is Cc1ncccc1C(=O)c1cccnc1C. The predicted molar refractivity (Wildman–Crippen MR) is 61.4 cm³/mol. The summed E-state index contributed by atoms with van der Waals surface area (Å²) in [7, 11) is 0. The summed E-state index contributed by atoms with van der Waals surface area (Å²) in [5.41, 5.74) is 2.77. The van der Waals surface area contributed by atoms with Crippen LogP contribution in [0.4, 0.5) is 0 Å². The van der Waals surface area contributed by atoms with Gasteiger partial charge in [0.2, 0.25) is 0 Å². The minimum Gasteiger partial charge on any atom is -0.288 e. The number of rotatable bonds is 2. The molecule has 0 fully saturated rings. The van der Waals surface area contributed by atoms with Crippen LogP contribution in [0.3, 0.4) is 0 Å². The van der Waals surface area contributed by atoms with Crippen molar-refractivity contribution in [3.05, 3.63) is 59.2 Å². The van der Waals surface area contributed by atoms with E-state index < -0.39 is 0 Å². The summed E-state index contributed by atoms with van der Waals surface area (Å²) < 4.78 is 0. The van der Waals surface area contributed by atoms with Crippen LogP contribution in [-0.2, 0) is 0 Å². The first-order valence-corrected chi connectivity index (χ1v) is 5.08. The summed E-state index contributed by atoms with van der Waals surface area (Å²) in [4.78, 5) is 20.4. The summed E-state index contributed by atoms with van der Waals surface area (Å²) >= 11 is 0. The third kappa shape index (κ3) is 1.84. The molecule has 3 heteroatoms. The van der Waals surface area contributed by atoms with E-state index in [4.69, 9.17) is 0 Å². The average Bonchev–Trinajstić information content (AvgIpc) is 2.29. The molecule has 0 N–H and O–H groups in total. The van der Waals surface area contributed by atoms with Crippen molar-refractivity contribution < 1.29 is 4.79 Å². The van der Waals surface area contributed by atoms with Gasteiger partial charge in [-0.1, -0.05) is 0 Å². The molecule has 0 amide bonds. The molecule has 0 aromatic carbocycles. The second-order valence-corrected chi connectivity index (χ2v) is 3.60. The third-order valence-electron chi connectivity index (χ3n) is 2.50. The Morgan fingerprint density at radius 1 is 0.938 bits per heavy atom. The van der Waals surface area contributed by atoms with E-state index in [1.807, 2.05) is 13.8 Å². The Morgan fingerprint density at radius 2 is 1.38 bits per heavy atom. The van der Waals surface area contributed by atoms with E-state index in [0.29, 0.717) is 11.1 Å². The average molecular weight is 212 g/mol. The number of pyridine rings is 2. The Bertz CT molecular complexity index is 487. The zero-order valence-electron chi connectivity index (χ0n) is 9.27. The Kier molecular flexibility index (Phi) is 2.77. The molecule has 0 saturated heterocycles. The second-order valence-electron chi connectivity index (χ2n) is 3.60. The molecule has 2 aromatic heterocycles. The topological polar surface area (TPSA) is 42.9 Å². The highest BCUT2D eigenvalue weighted by Crippen LogP contribution is 2.13. The highest BCUT2D eigenvalue weighted by atomic mass is 16.1. The number of ketones is 1. The molecular formula is C13H12N2O. The summed E-state index contributed by atoms with van der Waals surface area (Å²) in [6, 6.07) is 7.12. The molecule has 3 nitrogen and oxygen atoms in total. The van der Waals surface area contributed by atoms with E-state index in [1.165, 1.54) is 0 Å². The van der Waals surface area contributed by atoms with Gasteiger partial charge in [-0.05, 0) is 38.1 Å². The second kappa shape index (κ2) is 4.23. The van der Waals surface area contributed by atoms with E-state index >= 15 is 0 Å². The number of aromatic nitrogens is 2. The van der Waals surface area contributed by atoms with E-state index in [9.17, 15) is 4.79 Å². The maximum Gasteiger partial charge on any atom is 0.196 e. The van der Waals surface area contributed by atoms with E-state index in [1.54, 1.807) is 36.7 Å². The highest BCUT2D eigenvalue weighted by molar-refractivity contribution is 6.10. The lowest BCUT2D eigenvalue weighted by Crippen LogP contribution is -2.07. The van der Waals surface area contributed by atoms with Crippen LogP contribution >= 0.6 is 0 Å². The molecule has 0 bridgehead atoms. The number of hydrogen-bond acceptors (Lipinski definition) is 3. The summed E-state index contributed by atoms with van der Waals surface area (Å²) in [5.74, 6) is -0.0174. The maximum atomic E-state index is 12.2. The smallest absolute Gasteiger partial charge is 0.196 e. The zero-order chi connectivity index (χ0) is 11.5. The van der Waals surface area contributed by atoms with Crippen molar-refractivity contribution in [2.24, 2.45) is 0 Å². The molecule has 2 rings (SSSR count). The van der Waals surface area contributed by atoms with Gasteiger partial charge in [0, 0.05) is 34.9 Å². The van der Waals surface area contributed by atoms with Crippen molar-refractivity contribution in [3.8, 4) is 0 Å². The molecule has 0 aliphatic rings. The Hall–Kier alpha value is -2.03. The Balaban J connectivity index is 2.48. The molecule has 0 unspecified atom stereocenters. The fraction of sp³-hybridized carbons (Fsp3) is 0.154. The van der Waals surface area contributed by atoms with Crippen LogP contribution in [0.1, 0.15) is 27.3 Å². The quantitative estimate of drug-likeness (QED) is 0.717. The van der Waals surface area contributed by atoms with Crippen LogP contribution in [0, 0.1) is 13.8 Å². The molecule has 2 heterocycles. The standard InChI is InChI=1S/C13H12N2O/c1-9-11(5-3-7-14-9)13(16)12-6-4-8-15-10(12)2/h3-8H,1-2H3. The van der Waals surface area contributed by atoms with Crippen LogP contribution in [0.5, 0.6) is 0 Å². The van der Waals surface area contributed by atoms with Crippen LogP contribution in [-0.4, -0.2) is 15.8 Å².